The monoisotopic (exact) mass is 571 g/mol. The van der Waals surface area contributed by atoms with E-state index in [1.54, 1.807) is 6.20 Å². The lowest BCUT2D eigenvalue weighted by Gasteiger charge is -2.17. The van der Waals surface area contributed by atoms with Crippen molar-refractivity contribution < 1.29 is 47.5 Å². The normalized spacial score (nSPS) is 11.3. The number of aryl methyl sites for hydroxylation is 1. The second-order valence-electron chi connectivity index (χ2n) is 8.22. The number of amides is 2. The minimum absolute atomic E-state index is 0.0835. The fourth-order valence-corrected chi connectivity index (χ4v) is 3.13. The molecular weight excluding hydrogens is 543 g/mol. The maximum absolute atomic E-state index is 12.2. The number of nitro benzene ring substituents is 1. The molecule has 218 valence electrons. The number of nitro groups is 1. The number of carbonyl (C=O) groups excluding carboxylic acids is 2. The van der Waals surface area contributed by atoms with Crippen LogP contribution in [0.5, 0.6) is 0 Å². The van der Waals surface area contributed by atoms with Gasteiger partial charge in [-0.25, -0.2) is 9.78 Å². The van der Waals surface area contributed by atoms with Crippen molar-refractivity contribution in [2.75, 3.05) is 18.4 Å². The Morgan fingerprint density at radius 2 is 1.73 bits per heavy atom. The van der Waals surface area contributed by atoms with Crippen LogP contribution in [-0.2, 0) is 19.2 Å². The average Bonchev–Trinajstić information content (AvgIpc) is 2.86. The maximum Gasteiger partial charge on any atom is 0.490 e. The Kier molecular flexibility index (Phi) is 13.5. The summed E-state index contributed by atoms with van der Waals surface area (Å²) < 4.78 is 31.7. The zero-order chi connectivity index (χ0) is 30.3. The summed E-state index contributed by atoms with van der Waals surface area (Å²) >= 11 is 0. The zero-order valence-corrected chi connectivity index (χ0v) is 21.2. The van der Waals surface area contributed by atoms with E-state index >= 15 is 0 Å². The minimum atomic E-state index is -5.08. The first-order valence-electron chi connectivity index (χ1n) is 11.7. The molecule has 2 amide bonds. The summed E-state index contributed by atoms with van der Waals surface area (Å²) in [7, 11) is 0. The molecule has 0 fully saturated rings. The third kappa shape index (κ3) is 13.2. The van der Waals surface area contributed by atoms with Crippen LogP contribution in [0.25, 0.3) is 0 Å². The van der Waals surface area contributed by atoms with Crippen molar-refractivity contribution in [2.24, 2.45) is 0 Å². The SMILES string of the molecule is Cc1ccnc(NCCCCC(=O)NCC(=O)NC(CC(=O)O)c2ccccc2[N+](=O)[O-])c1.O=C(O)C(F)(F)F. The molecule has 1 atom stereocenters. The van der Waals surface area contributed by atoms with E-state index in [9.17, 15) is 37.7 Å². The molecule has 5 N–H and O–H groups in total. The fourth-order valence-electron chi connectivity index (χ4n) is 3.13. The number of pyridine rings is 1. The smallest absolute Gasteiger partial charge is 0.481 e. The summed E-state index contributed by atoms with van der Waals surface area (Å²) in [5.74, 6) is -4.17. The molecule has 0 aliphatic heterocycles. The van der Waals surface area contributed by atoms with Crippen LogP contribution in [0, 0.1) is 17.0 Å². The van der Waals surface area contributed by atoms with E-state index in [-0.39, 0.29) is 30.1 Å². The molecule has 0 radical (unpaired) electrons. The van der Waals surface area contributed by atoms with E-state index in [4.69, 9.17) is 15.0 Å². The number of aromatic nitrogens is 1. The predicted molar refractivity (Wildman–Crippen MR) is 134 cm³/mol. The number of benzene rings is 1. The van der Waals surface area contributed by atoms with E-state index < -0.39 is 41.4 Å². The Labute approximate surface area is 225 Å². The zero-order valence-electron chi connectivity index (χ0n) is 21.2. The molecule has 2 aromatic rings. The van der Waals surface area contributed by atoms with Crippen LogP contribution in [0.4, 0.5) is 24.7 Å². The van der Waals surface area contributed by atoms with E-state index in [2.05, 4.69) is 20.9 Å². The van der Waals surface area contributed by atoms with E-state index in [0.717, 1.165) is 17.8 Å². The van der Waals surface area contributed by atoms with Gasteiger partial charge in [-0.05, 0) is 37.5 Å². The van der Waals surface area contributed by atoms with Crippen molar-refractivity contribution in [3.8, 4) is 0 Å². The van der Waals surface area contributed by atoms with Gasteiger partial charge in [0, 0.05) is 25.2 Å². The summed E-state index contributed by atoms with van der Waals surface area (Å²) in [5.41, 5.74) is 0.889. The van der Waals surface area contributed by atoms with Crippen molar-refractivity contribution in [2.45, 2.75) is 44.8 Å². The number of nitrogens with one attached hydrogen (secondary N) is 3. The average molecular weight is 572 g/mol. The number of carboxylic acid groups (broad SMARTS) is 2. The topological polar surface area (TPSA) is 201 Å². The Bertz CT molecular complexity index is 1190. The number of rotatable bonds is 13. The molecule has 0 aliphatic carbocycles. The van der Waals surface area contributed by atoms with Crippen LogP contribution >= 0.6 is 0 Å². The van der Waals surface area contributed by atoms with Gasteiger partial charge in [0.15, 0.2) is 0 Å². The van der Waals surface area contributed by atoms with Crippen molar-refractivity contribution in [1.82, 2.24) is 15.6 Å². The molecule has 1 aromatic heterocycles. The van der Waals surface area contributed by atoms with Crippen LogP contribution in [0.2, 0.25) is 0 Å². The highest BCUT2D eigenvalue weighted by Gasteiger charge is 2.38. The van der Waals surface area contributed by atoms with Gasteiger partial charge < -0.3 is 26.2 Å². The number of para-hydroxylation sites is 1. The minimum Gasteiger partial charge on any atom is -0.481 e. The lowest BCUT2D eigenvalue weighted by molar-refractivity contribution is -0.385. The van der Waals surface area contributed by atoms with Crippen molar-refractivity contribution in [1.29, 1.82) is 0 Å². The third-order valence-electron chi connectivity index (χ3n) is 4.96. The van der Waals surface area contributed by atoms with Gasteiger partial charge in [-0.2, -0.15) is 13.2 Å². The van der Waals surface area contributed by atoms with Crippen LogP contribution in [0.1, 0.15) is 42.9 Å². The number of anilines is 1. The number of carboxylic acids is 2. The number of nitrogens with zero attached hydrogens (tertiary/aromatic N) is 2. The standard InChI is InChI=1S/C22H27N5O6.C2HF3O2/c1-15-9-11-24-19(12-15)23-10-5-4-8-20(28)25-14-21(29)26-17(13-22(30)31)16-6-2-3-7-18(16)27(32)33;3-2(4,5)1(6)7/h2-3,6-7,9,11-12,17H,4-5,8,10,13-14H2,1H3,(H,23,24)(H,25,28)(H,26,29)(H,30,31);(H,6,7). The second kappa shape index (κ2) is 16.3. The van der Waals surface area contributed by atoms with Gasteiger partial charge in [0.1, 0.15) is 5.82 Å². The lowest BCUT2D eigenvalue weighted by Crippen LogP contribution is -2.39. The maximum atomic E-state index is 12.2. The fraction of sp³-hybridized carbons (Fsp3) is 0.375. The van der Waals surface area contributed by atoms with Gasteiger partial charge in [0.05, 0.1) is 29.5 Å². The molecular formula is C24H28F3N5O8. The summed E-state index contributed by atoms with van der Waals surface area (Å²) in [5, 5.41) is 35.6. The molecule has 0 spiro atoms. The number of alkyl halides is 3. The molecule has 13 nitrogen and oxygen atoms in total. The highest BCUT2D eigenvalue weighted by atomic mass is 19.4. The number of unbranched alkanes of at least 4 members (excludes halogenated alkanes) is 1. The molecule has 0 aliphatic rings. The van der Waals surface area contributed by atoms with Crippen LogP contribution in [-0.4, -0.2) is 63.1 Å². The summed E-state index contributed by atoms with van der Waals surface area (Å²) in [4.78, 5) is 59.1. The summed E-state index contributed by atoms with van der Waals surface area (Å²) in [6, 6.07) is 8.33. The van der Waals surface area contributed by atoms with Gasteiger partial charge in [0.2, 0.25) is 11.8 Å². The second-order valence-corrected chi connectivity index (χ2v) is 8.22. The first kappa shape index (κ1) is 33.3. The molecule has 1 aromatic carbocycles. The van der Waals surface area contributed by atoms with E-state index in [1.165, 1.54) is 24.3 Å². The van der Waals surface area contributed by atoms with Gasteiger partial charge in [0.25, 0.3) is 5.69 Å². The first-order chi connectivity index (χ1) is 18.7. The third-order valence-corrected chi connectivity index (χ3v) is 4.96. The van der Waals surface area contributed by atoms with Gasteiger partial charge in [-0.1, -0.05) is 18.2 Å². The van der Waals surface area contributed by atoms with Crippen LogP contribution in [0.15, 0.2) is 42.6 Å². The van der Waals surface area contributed by atoms with Crippen molar-refractivity contribution in [3.05, 3.63) is 63.8 Å². The first-order valence-corrected chi connectivity index (χ1v) is 11.7. The number of aliphatic carboxylic acids is 2. The predicted octanol–water partition coefficient (Wildman–Crippen LogP) is 2.96. The molecule has 2 rings (SSSR count). The number of carbonyl (C=O) groups is 4. The number of hydrogen-bond donors (Lipinski definition) is 5. The van der Waals surface area contributed by atoms with Crippen LogP contribution < -0.4 is 16.0 Å². The van der Waals surface area contributed by atoms with Crippen molar-refractivity contribution >= 4 is 35.3 Å². The molecule has 0 bridgehead atoms. The molecule has 40 heavy (non-hydrogen) atoms. The lowest BCUT2D eigenvalue weighted by atomic mass is 10.0. The number of halogens is 3. The Morgan fingerprint density at radius 1 is 1.07 bits per heavy atom. The number of hydrogen-bond acceptors (Lipinski definition) is 8. The molecule has 1 heterocycles. The Balaban J connectivity index is 0.00000101. The highest BCUT2D eigenvalue weighted by molar-refractivity contribution is 5.85. The van der Waals surface area contributed by atoms with Gasteiger partial charge in [-0.3, -0.25) is 24.5 Å². The quantitative estimate of drug-likeness (QED) is 0.135. The molecule has 16 heteroatoms. The van der Waals surface area contributed by atoms with Crippen LogP contribution in [0.3, 0.4) is 0 Å². The van der Waals surface area contributed by atoms with E-state index in [1.807, 2.05) is 19.1 Å². The summed E-state index contributed by atoms with van der Waals surface area (Å²) in [6.45, 7) is 2.26. The Morgan fingerprint density at radius 3 is 2.30 bits per heavy atom. The van der Waals surface area contributed by atoms with Gasteiger partial charge >= 0.3 is 18.1 Å². The molecule has 0 saturated heterocycles. The molecule has 0 saturated carbocycles. The molecule has 1 unspecified atom stereocenters. The highest BCUT2D eigenvalue weighted by Crippen LogP contribution is 2.27. The summed E-state index contributed by atoms with van der Waals surface area (Å²) in [6.07, 6.45) is -2.35. The van der Waals surface area contributed by atoms with Crippen molar-refractivity contribution in [3.63, 3.8) is 0 Å². The van der Waals surface area contributed by atoms with Gasteiger partial charge in [-0.15, -0.1) is 0 Å². The Hall–Kier alpha value is -4.76. The largest absolute Gasteiger partial charge is 0.490 e. The van der Waals surface area contributed by atoms with E-state index in [0.29, 0.717) is 13.0 Å².